The molecule has 2 aliphatic rings. The van der Waals surface area contributed by atoms with Gasteiger partial charge in [-0.25, -0.2) is 45.9 Å². The molecule has 0 radical (unpaired) electrons. The Morgan fingerprint density at radius 2 is 1.18 bits per heavy atom. The molecule has 0 amide bonds. The number of imidazole rings is 2. The molecule has 0 saturated heterocycles. The molecule has 50 heavy (non-hydrogen) atoms. The second-order valence-electron chi connectivity index (χ2n) is 12.6. The highest BCUT2D eigenvalue weighted by atomic mass is 19.3. The van der Waals surface area contributed by atoms with Gasteiger partial charge in [-0.2, -0.15) is 0 Å². The van der Waals surface area contributed by atoms with Gasteiger partial charge in [-0.1, -0.05) is 0 Å². The van der Waals surface area contributed by atoms with Crippen molar-refractivity contribution in [1.82, 2.24) is 29.1 Å². The number of hydrogen-bond acceptors (Lipinski definition) is 7. The van der Waals surface area contributed by atoms with Gasteiger partial charge in [0.15, 0.2) is 11.4 Å². The maximum absolute atomic E-state index is 14.4. The van der Waals surface area contributed by atoms with Crippen molar-refractivity contribution in [3.8, 4) is 0 Å². The van der Waals surface area contributed by atoms with E-state index in [4.69, 9.17) is 9.84 Å². The predicted octanol–water partition coefficient (Wildman–Crippen LogP) is 7.39. The number of esters is 1. The summed E-state index contributed by atoms with van der Waals surface area (Å²) in [4.78, 5) is 38.4. The van der Waals surface area contributed by atoms with Crippen molar-refractivity contribution in [2.24, 2.45) is 0 Å². The minimum atomic E-state index is -2.66. The molecule has 1 N–H and O–H groups in total. The highest BCUT2D eigenvalue weighted by Crippen LogP contribution is 2.42. The highest BCUT2D eigenvalue weighted by Gasteiger charge is 2.37. The van der Waals surface area contributed by atoms with Gasteiger partial charge >= 0.3 is 11.9 Å². The molecule has 0 bridgehead atoms. The molecule has 16 heteroatoms. The lowest BCUT2D eigenvalue weighted by molar-refractivity contribution is -0.0392. The molecule has 0 atom stereocenters. The van der Waals surface area contributed by atoms with Crippen LogP contribution in [0, 0.1) is 11.6 Å². The molecule has 268 valence electrons. The van der Waals surface area contributed by atoms with Gasteiger partial charge in [0.25, 0.3) is 0 Å². The fraction of sp³-hybridized carbons (Fsp3) is 0.471. The number of carboxylic acids is 1. The molecule has 4 aromatic rings. The van der Waals surface area contributed by atoms with Crippen molar-refractivity contribution in [2.45, 2.75) is 95.1 Å². The summed E-state index contributed by atoms with van der Waals surface area (Å²) in [5.74, 6) is -8.51. The van der Waals surface area contributed by atoms with Crippen molar-refractivity contribution < 1.29 is 45.8 Å². The van der Waals surface area contributed by atoms with Crippen LogP contribution in [0.15, 0.2) is 49.6 Å². The minimum Gasteiger partial charge on any atom is -0.476 e. The van der Waals surface area contributed by atoms with Crippen LogP contribution in [0.2, 0.25) is 0 Å². The molecule has 2 aliphatic carbocycles. The normalized spacial score (nSPS) is 17.5. The fourth-order valence-electron chi connectivity index (χ4n) is 6.11. The third kappa shape index (κ3) is 9.47. The van der Waals surface area contributed by atoms with Gasteiger partial charge in [0.1, 0.15) is 11.6 Å². The number of carboxylic acid groups (broad SMARTS) is 1. The number of carbonyl (C=O) groups excluding carboxylic acids is 1. The molecule has 2 saturated carbocycles. The van der Waals surface area contributed by atoms with E-state index in [0.29, 0.717) is 17.7 Å². The molecular weight excluding hydrogens is 670 g/mol. The second-order valence-corrected chi connectivity index (χ2v) is 12.6. The summed E-state index contributed by atoms with van der Waals surface area (Å²) < 4.78 is 89.6. The molecule has 0 spiro atoms. The van der Waals surface area contributed by atoms with E-state index in [2.05, 4.69) is 19.9 Å². The Bertz CT molecular complexity index is 1790. The van der Waals surface area contributed by atoms with Gasteiger partial charge in [0.2, 0.25) is 11.8 Å². The summed E-state index contributed by atoms with van der Waals surface area (Å²) in [6.07, 6.45) is 8.67. The topological polar surface area (TPSA) is 125 Å². The monoisotopic (exact) mass is 706 g/mol. The zero-order valence-electron chi connectivity index (χ0n) is 27.2. The highest BCUT2D eigenvalue weighted by molar-refractivity contribution is 5.86. The van der Waals surface area contributed by atoms with Crippen LogP contribution in [0.25, 0.3) is 0 Å². The van der Waals surface area contributed by atoms with Crippen LogP contribution in [0.5, 0.6) is 0 Å². The van der Waals surface area contributed by atoms with E-state index in [1.54, 1.807) is 11.5 Å². The number of ether oxygens (including phenoxy) is 1. The van der Waals surface area contributed by atoms with Crippen LogP contribution in [-0.4, -0.2) is 64.6 Å². The maximum atomic E-state index is 14.4. The van der Waals surface area contributed by atoms with Crippen LogP contribution in [-0.2, 0) is 17.8 Å². The summed E-state index contributed by atoms with van der Waals surface area (Å²) in [6, 6.07) is 2.68. The number of rotatable bonds is 9. The Labute approximate surface area is 283 Å². The van der Waals surface area contributed by atoms with Gasteiger partial charge in [0.05, 0.1) is 43.7 Å². The summed E-state index contributed by atoms with van der Waals surface area (Å²) >= 11 is 0. The zero-order valence-corrected chi connectivity index (χ0v) is 27.2. The molecule has 0 unspecified atom stereocenters. The summed E-state index contributed by atoms with van der Waals surface area (Å²) in [5, 5.41) is 8.82. The molecule has 6 rings (SSSR count). The average Bonchev–Trinajstić information content (AvgIpc) is 3.73. The first-order valence-electron chi connectivity index (χ1n) is 16.2. The lowest BCUT2D eigenvalue weighted by Gasteiger charge is -2.28. The Balaban J connectivity index is 0.000000195. The molecule has 0 aliphatic heterocycles. The summed E-state index contributed by atoms with van der Waals surface area (Å²) in [7, 11) is 0. The third-order valence-corrected chi connectivity index (χ3v) is 8.76. The van der Waals surface area contributed by atoms with Crippen LogP contribution >= 0.6 is 0 Å². The van der Waals surface area contributed by atoms with Crippen LogP contribution < -0.4 is 0 Å². The third-order valence-electron chi connectivity index (χ3n) is 8.76. The van der Waals surface area contributed by atoms with E-state index in [1.807, 2.05) is 0 Å². The van der Waals surface area contributed by atoms with Crippen molar-refractivity contribution in [3.05, 3.63) is 95.1 Å². The number of hydrogen-bond donors (Lipinski definition) is 1. The standard InChI is InChI=1S/C18H20F3N3O2.C16H16F3N3O2/c1-2-26-17(25)15-10-24(11-23-15)9-12-7-14(19)16(22-8-12)13-3-5-18(20,21)6-4-13;17-12-5-10(7-22-8-13(15(23)24)21-9-22)6-20-14(12)11-1-3-16(18,19)4-2-11/h7-8,10-11,13H,2-6,9H2,1H3;5-6,8-9,11H,1-4,7H2,(H,23,24). The first-order chi connectivity index (χ1) is 23.7. The SMILES string of the molecule is CCOC(=O)c1cn(Cc2cnc(C3CCC(F)(F)CC3)c(F)c2)cn1.O=C(O)c1cn(Cc2cnc(C3CCC(F)(F)CC3)c(F)c2)cn1. The van der Waals surface area contributed by atoms with Gasteiger partial charge in [-0.3, -0.25) is 9.97 Å². The smallest absolute Gasteiger partial charge is 0.358 e. The van der Waals surface area contributed by atoms with Crippen molar-refractivity contribution in [3.63, 3.8) is 0 Å². The van der Waals surface area contributed by atoms with Crippen molar-refractivity contribution >= 4 is 11.9 Å². The molecule has 0 aromatic carbocycles. The van der Waals surface area contributed by atoms with Crippen molar-refractivity contribution in [1.29, 1.82) is 0 Å². The molecule has 4 heterocycles. The number of alkyl halides is 4. The van der Waals surface area contributed by atoms with E-state index in [-0.39, 0.29) is 99.1 Å². The first kappa shape index (κ1) is 36.5. The number of nitrogens with zero attached hydrogens (tertiary/aromatic N) is 6. The van der Waals surface area contributed by atoms with Gasteiger partial charge in [-0.15, -0.1) is 0 Å². The Morgan fingerprint density at radius 3 is 1.56 bits per heavy atom. The molecule has 10 nitrogen and oxygen atoms in total. The Morgan fingerprint density at radius 1 is 0.760 bits per heavy atom. The quantitative estimate of drug-likeness (QED) is 0.141. The van der Waals surface area contributed by atoms with Crippen LogP contribution in [0.3, 0.4) is 0 Å². The second kappa shape index (κ2) is 15.4. The first-order valence-corrected chi connectivity index (χ1v) is 16.2. The van der Waals surface area contributed by atoms with E-state index in [1.165, 1.54) is 54.1 Å². The lowest BCUT2D eigenvalue weighted by atomic mass is 9.84. The number of carbonyl (C=O) groups is 2. The number of aromatic nitrogens is 6. The average molecular weight is 707 g/mol. The lowest BCUT2D eigenvalue weighted by Crippen LogP contribution is -2.24. The minimum absolute atomic E-state index is 0.0943. The molecule has 4 aromatic heterocycles. The van der Waals surface area contributed by atoms with E-state index < -0.39 is 35.4 Å². The number of aromatic carboxylic acids is 1. The van der Waals surface area contributed by atoms with E-state index in [0.717, 1.165) is 0 Å². The van der Waals surface area contributed by atoms with Crippen LogP contribution in [0.4, 0.5) is 26.3 Å². The number of halogens is 6. The fourth-order valence-corrected chi connectivity index (χ4v) is 6.11. The van der Waals surface area contributed by atoms with Gasteiger partial charge in [-0.05, 0) is 55.9 Å². The maximum Gasteiger partial charge on any atom is 0.358 e. The molecular formula is C34H36F6N6O4. The van der Waals surface area contributed by atoms with Crippen molar-refractivity contribution in [2.75, 3.05) is 6.61 Å². The van der Waals surface area contributed by atoms with Gasteiger partial charge in [0, 0.05) is 62.3 Å². The number of pyridine rings is 2. The Kier molecular flexibility index (Phi) is 11.3. The van der Waals surface area contributed by atoms with E-state index in [9.17, 15) is 35.9 Å². The predicted molar refractivity (Wildman–Crippen MR) is 166 cm³/mol. The van der Waals surface area contributed by atoms with E-state index >= 15 is 0 Å². The Hall–Kier alpha value is -4.76. The summed E-state index contributed by atoms with van der Waals surface area (Å²) in [5.41, 5.74) is 1.71. The summed E-state index contributed by atoms with van der Waals surface area (Å²) in [6.45, 7) is 2.49. The van der Waals surface area contributed by atoms with Crippen LogP contribution in [0.1, 0.15) is 114 Å². The zero-order chi connectivity index (χ0) is 36.1. The largest absolute Gasteiger partial charge is 0.476 e. The van der Waals surface area contributed by atoms with Gasteiger partial charge < -0.3 is 19.0 Å². The molecule has 2 fully saturated rings.